The Morgan fingerprint density at radius 3 is 2.47 bits per heavy atom. The molecule has 0 aliphatic carbocycles. The molecule has 0 unspecified atom stereocenters. The SMILES string of the molecule is COc1ccc(CC(=O)/C=C(/C)N)cc1. The van der Waals surface area contributed by atoms with Gasteiger partial charge >= 0.3 is 0 Å². The van der Waals surface area contributed by atoms with Gasteiger partial charge in [-0.1, -0.05) is 12.1 Å². The van der Waals surface area contributed by atoms with E-state index in [0.717, 1.165) is 11.3 Å². The van der Waals surface area contributed by atoms with Crippen LogP contribution in [0.25, 0.3) is 0 Å². The van der Waals surface area contributed by atoms with E-state index in [9.17, 15) is 4.79 Å². The molecule has 0 aliphatic heterocycles. The molecule has 0 radical (unpaired) electrons. The van der Waals surface area contributed by atoms with Gasteiger partial charge in [0.15, 0.2) is 5.78 Å². The van der Waals surface area contributed by atoms with Crippen LogP contribution < -0.4 is 10.5 Å². The molecule has 15 heavy (non-hydrogen) atoms. The molecule has 0 bridgehead atoms. The first-order chi connectivity index (χ1) is 7.11. The van der Waals surface area contributed by atoms with Crippen LogP contribution in [0, 0.1) is 0 Å². The van der Waals surface area contributed by atoms with Crippen LogP contribution in [0.2, 0.25) is 0 Å². The Labute approximate surface area is 89.5 Å². The molecule has 3 nitrogen and oxygen atoms in total. The maximum atomic E-state index is 11.4. The number of carbonyl (C=O) groups excluding carboxylic acids is 1. The third-order valence-corrected chi connectivity index (χ3v) is 1.93. The lowest BCUT2D eigenvalue weighted by atomic mass is 10.1. The van der Waals surface area contributed by atoms with Gasteiger partial charge in [-0.05, 0) is 30.7 Å². The van der Waals surface area contributed by atoms with Crippen LogP contribution in [0.15, 0.2) is 36.0 Å². The van der Waals surface area contributed by atoms with E-state index >= 15 is 0 Å². The third kappa shape index (κ3) is 3.85. The maximum absolute atomic E-state index is 11.4. The maximum Gasteiger partial charge on any atom is 0.161 e. The highest BCUT2D eigenvalue weighted by Crippen LogP contribution is 2.11. The van der Waals surface area contributed by atoms with Crippen LogP contribution in [0.4, 0.5) is 0 Å². The molecule has 0 aromatic heterocycles. The second-order valence-corrected chi connectivity index (χ2v) is 3.38. The van der Waals surface area contributed by atoms with Gasteiger partial charge in [0.25, 0.3) is 0 Å². The van der Waals surface area contributed by atoms with Crippen molar-refractivity contribution in [2.24, 2.45) is 5.73 Å². The zero-order chi connectivity index (χ0) is 11.3. The Morgan fingerprint density at radius 2 is 2.00 bits per heavy atom. The Kier molecular flexibility index (Phi) is 3.92. The molecule has 0 spiro atoms. The van der Waals surface area contributed by atoms with E-state index in [2.05, 4.69) is 0 Å². The molecule has 1 rings (SSSR count). The highest BCUT2D eigenvalue weighted by atomic mass is 16.5. The molecule has 0 saturated carbocycles. The first-order valence-corrected chi connectivity index (χ1v) is 4.71. The summed E-state index contributed by atoms with van der Waals surface area (Å²) in [7, 11) is 1.61. The minimum absolute atomic E-state index is 0.0140. The normalized spacial score (nSPS) is 11.2. The summed E-state index contributed by atoms with van der Waals surface area (Å²) in [5.41, 5.74) is 6.91. The Bertz CT molecular complexity index is 362. The number of nitrogens with two attached hydrogens (primary N) is 1. The molecule has 0 aliphatic rings. The standard InChI is InChI=1S/C12H15NO2/c1-9(13)7-11(14)8-10-3-5-12(15-2)6-4-10/h3-7H,8,13H2,1-2H3/b9-7-. The molecule has 1 aromatic carbocycles. The number of ketones is 1. The average Bonchev–Trinajstić information content (AvgIpc) is 2.17. The van der Waals surface area contributed by atoms with E-state index in [4.69, 9.17) is 10.5 Å². The van der Waals surface area contributed by atoms with Gasteiger partial charge < -0.3 is 10.5 Å². The van der Waals surface area contributed by atoms with Crippen molar-refractivity contribution >= 4 is 5.78 Å². The number of hydrogen-bond acceptors (Lipinski definition) is 3. The molecule has 0 heterocycles. The summed E-state index contributed by atoms with van der Waals surface area (Å²) in [6.45, 7) is 1.70. The van der Waals surface area contributed by atoms with Gasteiger partial charge in [0.1, 0.15) is 5.75 Å². The number of allylic oxidation sites excluding steroid dienone is 2. The van der Waals surface area contributed by atoms with Gasteiger partial charge in [0, 0.05) is 12.1 Å². The number of hydrogen-bond donors (Lipinski definition) is 1. The Balaban J connectivity index is 2.65. The van der Waals surface area contributed by atoms with Crippen molar-refractivity contribution in [1.29, 1.82) is 0 Å². The van der Waals surface area contributed by atoms with Crippen molar-refractivity contribution in [3.8, 4) is 5.75 Å². The zero-order valence-electron chi connectivity index (χ0n) is 8.99. The van der Waals surface area contributed by atoms with Crippen molar-refractivity contribution in [1.82, 2.24) is 0 Å². The summed E-state index contributed by atoms with van der Waals surface area (Å²) in [5.74, 6) is 0.803. The van der Waals surface area contributed by atoms with E-state index in [0.29, 0.717) is 12.1 Å². The molecule has 80 valence electrons. The average molecular weight is 205 g/mol. The van der Waals surface area contributed by atoms with Crippen LogP contribution in [0.5, 0.6) is 5.75 Å². The van der Waals surface area contributed by atoms with Crippen molar-refractivity contribution in [3.63, 3.8) is 0 Å². The quantitative estimate of drug-likeness (QED) is 0.761. The van der Waals surface area contributed by atoms with Gasteiger partial charge in [-0.3, -0.25) is 4.79 Å². The molecule has 0 saturated heterocycles. The van der Waals surface area contributed by atoms with Gasteiger partial charge in [-0.15, -0.1) is 0 Å². The summed E-state index contributed by atoms with van der Waals surface area (Å²) in [6, 6.07) is 7.41. The van der Waals surface area contributed by atoms with Gasteiger partial charge in [-0.2, -0.15) is 0 Å². The largest absolute Gasteiger partial charge is 0.497 e. The predicted molar refractivity (Wildman–Crippen MR) is 59.6 cm³/mol. The van der Waals surface area contributed by atoms with E-state index < -0.39 is 0 Å². The lowest BCUT2D eigenvalue weighted by Crippen LogP contribution is -2.02. The van der Waals surface area contributed by atoms with Crippen LogP contribution in [-0.2, 0) is 11.2 Å². The van der Waals surface area contributed by atoms with Gasteiger partial charge in [-0.25, -0.2) is 0 Å². The van der Waals surface area contributed by atoms with E-state index in [1.165, 1.54) is 6.08 Å². The van der Waals surface area contributed by atoms with Crippen LogP contribution in [0.3, 0.4) is 0 Å². The minimum Gasteiger partial charge on any atom is -0.497 e. The Morgan fingerprint density at radius 1 is 1.40 bits per heavy atom. The monoisotopic (exact) mass is 205 g/mol. The van der Waals surface area contributed by atoms with Crippen molar-refractivity contribution in [3.05, 3.63) is 41.6 Å². The summed E-state index contributed by atoms with van der Waals surface area (Å²) in [5, 5.41) is 0. The second-order valence-electron chi connectivity index (χ2n) is 3.38. The predicted octanol–water partition coefficient (Wildman–Crippen LogP) is 1.67. The smallest absolute Gasteiger partial charge is 0.161 e. The molecule has 0 fully saturated rings. The van der Waals surface area contributed by atoms with E-state index in [1.54, 1.807) is 14.0 Å². The van der Waals surface area contributed by atoms with E-state index in [1.807, 2.05) is 24.3 Å². The van der Waals surface area contributed by atoms with Crippen LogP contribution >= 0.6 is 0 Å². The van der Waals surface area contributed by atoms with Gasteiger partial charge in [0.2, 0.25) is 0 Å². The summed E-state index contributed by atoms with van der Waals surface area (Å²) in [4.78, 5) is 11.4. The fourth-order valence-corrected chi connectivity index (χ4v) is 1.25. The molecular formula is C12H15NO2. The number of methoxy groups -OCH3 is 1. The second kappa shape index (κ2) is 5.20. The lowest BCUT2D eigenvalue weighted by molar-refractivity contribution is -0.114. The van der Waals surface area contributed by atoms with Crippen molar-refractivity contribution < 1.29 is 9.53 Å². The lowest BCUT2D eigenvalue weighted by Gasteiger charge is -2.01. The van der Waals surface area contributed by atoms with Crippen molar-refractivity contribution in [2.45, 2.75) is 13.3 Å². The molecule has 0 atom stereocenters. The fraction of sp³-hybridized carbons (Fsp3) is 0.250. The molecule has 0 amide bonds. The minimum atomic E-state index is 0.0140. The first kappa shape index (κ1) is 11.3. The molecule has 1 aromatic rings. The summed E-state index contributed by atoms with van der Waals surface area (Å²) >= 11 is 0. The molecule has 3 heteroatoms. The first-order valence-electron chi connectivity index (χ1n) is 4.71. The topological polar surface area (TPSA) is 52.3 Å². The van der Waals surface area contributed by atoms with Crippen LogP contribution in [0.1, 0.15) is 12.5 Å². The zero-order valence-corrected chi connectivity index (χ0v) is 8.99. The highest BCUT2D eigenvalue weighted by molar-refractivity contribution is 5.91. The fourth-order valence-electron chi connectivity index (χ4n) is 1.25. The summed E-state index contributed by atoms with van der Waals surface area (Å²) < 4.78 is 5.02. The number of benzene rings is 1. The number of carbonyl (C=O) groups is 1. The Hall–Kier alpha value is -1.77. The molecular weight excluding hydrogens is 190 g/mol. The highest BCUT2D eigenvalue weighted by Gasteiger charge is 2.00. The third-order valence-electron chi connectivity index (χ3n) is 1.93. The molecule has 2 N–H and O–H groups in total. The van der Waals surface area contributed by atoms with Gasteiger partial charge in [0.05, 0.1) is 7.11 Å². The number of rotatable bonds is 4. The van der Waals surface area contributed by atoms with E-state index in [-0.39, 0.29) is 5.78 Å². The van der Waals surface area contributed by atoms with Crippen molar-refractivity contribution in [2.75, 3.05) is 7.11 Å². The summed E-state index contributed by atoms with van der Waals surface area (Å²) in [6.07, 6.45) is 1.82. The van der Waals surface area contributed by atoms with Crippen LogP contribution in [-0.4, -0.2) is 12.9 Å². The number of ether oxygens (including phenoxy) is 1.